The number of fused-ring (bicyclic) bond motifs is 3. The van der Waals surface area contributed by atoms with Crippen molar-refractivity contribution in [2.24, 2.45) is 23.7 Å². The third-order valence-corrected chi connectivity index (χ3v) is 5.07. The van der Waals surface area contributed by atoms with Gasteiger partial charge in [0.2, 0.25) is 0 Å². The fraction of sp³-hybridized carbons (Fsp3) is 0.846. The van der Waals surface area contributed by atoms with E-state index in [0.29, 0.717) is 12.8 Å². The smallest absolute Gasteiger partial charge is 0.174 e. The Labute approximate surface area is 101 Å². The number of methoxy groups -OCH3 is 2. The molecule has 0 spiro atoms. The minimum Gasteiger partial charge on any atom is -0.353 e. The molecule has 0 aromatic carbocycles. The van der Waals surface area contributed by atoms with E-state index < -0.39 is 5.79 Å². The van der Waals surface area contributed by atoms with E-state index in [1.165, 1.54) is 0 Å². The molecule has 4 nitrogen and oxygen atoms in total. The Kier molecular flexibility index (Phi) is 2.42. The molecular weight excluding hydrogens is 220 g/mol. The van der Waals surface area contributed by atoms with Crippen LogP contribution in [0.5, 0.6) is 0 Å². The molecule has 3 rings (SSSR count). The average molecular weight is 238 g/mol. The largest absolute Gasteiger partial charge is 0.353 e. The molecule has 0 aliphatic heterocycles. The topological polar surface area (TPSA) is 52.6 Å². The van der Waals surface area contributed by atoms with Crippen molar-refractivity contribution >= 4 is 11.6 Å². The van der Waals surface area contributed by atoms with Crippen LogP contribution in [0.4, 0.5) is 0 Å². The second kappa shape index (κ2) is 3.62. The van der Waals surface area contributed by atoms with Crippen LogP contribution in [0.2, 0.25) is 0 Å². The second-order valence-corrected chi connectivity index (χ2v) is 5.40. The summed E-state index contributed by atoms with van der Waals surface area (Å²) in [5.41, 5.74) is 0. The van der Waals surface area contributed by atoms with E-state index in [4.69, 9.17) is 9.47 Å². The molecule has 3 saturated carbocycles. The first kappa shape index (κ1) is 11.4. The van der Waals surface area contributed by atoms with Gasteiger partial charge in [0.1, 0.15) is 11.6 Å². The molecule has 17 heavy (non-hydrogen) atoms. The maximum Gasteiger partial charge on any atom is 0.174 e. The molecule has 3 fully saturated rings. The molecule has 0 unspecified atom stereocenters. The highest BCUT2D eigenvalue weighted by atomic mass is 16.7. The maximum absolute atomic E-state index is 12.0. The normalized spacial score (nSPS) is 42.9. The summed E-state index contributed by atoms with van der Waals surface area (Å²) >= 11 is 0. The molecule has 0 heterocycles. The second-order valence-electron chi connectivity index (χ2n) is 5.40. The molecule has 3 aliphatic carbocycles. The SMILES string of the molecule is COC1(OC)[C@H]2CCC(=O)[C@H]2[C@@H]2C(=O)CC[C@@H]21. The molecule has 0 N–H and O–H groups in total. The van der Waals surface area contributed by atoms with Gasteiger partial charge in [0.05, 0.1) is 0 Å². The zero-order chi connectivity index (χ0) is 12.2. The first-order valence-corrected chi connectivity index (χ1v) is 6.31. The highest BCUT2D eigenvalue weighted by Gasteiger charge is 2.68. The zero-order valence-corrected chi connectivity index (χ0v) is 10.3. The van der Waals surface area contributed by atoms with Gasteiger partial charge < -0.3 is 9.47 Å². The third kappa shape index (κ3) is 1.20. The standard InChI is InChI=1S/C13H18O4/c1-16-13(17-2)7-3-5-9(14)11(7)12-8(13)4-6-10(12)15/h7-8,11-12H,3-6H2,1-2H3/t7-,8-,11-,12-/m0/s1. The molecule has 0 bridgehead atoms. The van der Waals surface area contributed by atoms with Crippen LogP contribution in [0.3, 0.4) is 0 Å². The van der Waals surface area contributed by atoms with Gasteiger partial charge in [-0.15, -0.1) is 0 Å². The molecule has 0 aromatic heterocycles. The molecule has 4 atom stereocenters. The third-order valence-electron chi connectivity index (χ3n) is 5.07. The summed E-state index contributed by atoms with van der Waals surface area (Å²) in [4.78, 5) is 24.0. The number of ketones is 2. The lowest BCUT2D eigenvalue weighted by Gasteiger charge is -2.36. The first-order valence-electron chi connectivity index (χ1n) is 6.31. The van der Waals surface area contributed by atoms with Crippen LogP contribution >= 0.6 is 0 Å². The van der Waals surface area contributed by atoms with Crippen molar-refractivity contribution in [1.29, 1.82) is 0 Å². The maximum atomic E-state index is 12.0. The highest BCUT2D eigenvalue weighted by Crippen LogP contribution is 2.60. The Morgan fingerprint density at radius 1 is 0.941 bits per heavy atom. The van der Waals surface area contributed by atoms with Gasteiger partial charge in [-0.25, -0.2) is 0 Å². The molecule has 0 aromatic rings. The van der Waals surface area contributed by atoms with E-state index in [9.17, 15) is 9.59 Å². The van der Waals surface area contributed by atoms with E-state index in [-0.39, 0.29) is 35.2 Å². The van der Waals surface area contributed by atoms with Gasteiger partial charge in [0.15, 0.2) is 5.79 Å². The van der Waals surface area contributed by atoms with Crippen molar-refractivity contribution in [2.45, 2.75) is 31.5 Å². The molecule has 4 heteroatoms. The van der Waals surface area contributed by atoms with E-state index in [0.717, 1.165) is 12.8 Å². The molecule has 3 aliphatic rings. The van der Waals surface area contributed by atoms with Gasteiger partial charge in [0, 0.05) is 50.7 Å². The van der Waals surface area contributed by atoms with Crippen molar-refractivity contribution in [3.8, 4) is 0 Å². The van der Waals surface area contributed by atoms with Crippen molar-refractivity contribution < 1.29 is 19.1 Å². The average Bonchev–Trinajstić information content (AvgIpc) is 2.94. The van der Waals surface area contributed by atoms with Crippen LogP contribution in [0.25, 0.3) is 0 Å². The van der Waals surface area contributed by atoms with Crippen LogP contribution in [-0.2, 0) is 19.1 Å². The predicted octanol–water partition coefficient (Wildman–Crippen LogP) is 1.18. The molecule has 94 valence electrons. The number of hydrogen-bond donors (Lipinski definition) is 0. The number of hydrogen-bond acceptors (Lipinski definition) is 4. The Morgan fingerprint density at radius 3 is 1.71 bits per heavy atom. The quantitative estimate of drug-likeness (QED) is 0.678. The van der Waals surface area contributed by atoms with Gasteiger partial charge in [0.25, 0.3) is 0 Å². The summed E-state index contributed by atoms with van der Waals surface area (Å²) in [6.07, 6.45) is 2.73. The summed E-state index contributed by atoms with van der Waals surface area (Å²) in [6, 6.07) is 0. The Bertz CT molecular complexity index is 340. The predicted molar refractivity (Wildman–Crippen MR) is 59.2 cm³/mol. The summed E-state index contributed by atoms with van der Waals surface area (Å²) < 4.78 is 11.3. The first-order chi connectivity index (χ1) is 8.15. The lowest BCUT2D eigenvalue weighted by Crippen LogP contribution is -2.44. The Morgan fingerprint density at radius 2 is 1.35 bits per heavy atom. The van der Waals surface area contributed by atoms with E-state index in [2.05, 4.69) is 0 Å². The summed E-state index contributed by atoms with van der Waals surface area (Å²) in [5.74, 6) is -0.376. The van der Waals surface area contributed by atoms with Gasteiger partial charge in [-0.3, -0.25) is 9.59 Å². The van der Waals surface area contributed by atoms with Crippen LogP contribution < -0.4 is 0 Å². The monoisotopic (exact) mass is 238 g/mol. The lowest BCUT2D eigenvalue weighted by molar-refractivity contribution is -0.254. The molecule has 0 amide bonds. The van der Waals surface area contributed by atoms with Gasteiger partial charge in [-0.2, -0.15) is 0 Å². The van der Waals surface area contributed by atoms with Crippen molar-refractivity contribution in [3.05, 3.63) is 0 Å². The number of carbonyl (C=O) groups is 2. The zero-order valence-electron chi connectivity index (χ0n) is 10.3. The number of ether oxygens (including phenoxy) is 2. The molecule has 0 saturated heterocycles. The van der Waals surface area contributed by atoms with Gasteiger partial charge in [-0.1, -0.05) is 0 Å². The minimum absolute atomic E-state index is 0.0734. The lowest BCUT2D eigenvalue weighted by atomic mass is 9.88. The minimum atomic E-state index is -0.701. The van der Waals surface area contributed by atoms with Crippen molar-refractivity contribution in [3.63, 3.8) is 0 Å². The Balaban J connectivity index is 2.07. The number of rotatable bonds is 2. The molecular formula is C13H18O4. The van der Waals surface area contributed by atoms with E-state index in [1.54, 1.807) is 14.2 Å². The van der Waals surface area contributed by atoms with Crippen LogP contribution in [-0.4, -0.2) is 31.6 Å². The van der Waals surface area contributed by atoms with Gasteiger partial charge >= 0.3 is 0 Å². The van der Waals surface area contributed by atoms with Gasteiger partial charge in [-0.05, 0) is 12.8 Å². The summed E-state index contributed by atoms with van der Waals surface area (Å²) in [7, 11) is 3.27. The summed E-state index contributed by atoms with van der Waals surface area (Å²) in [6.45, 7) is 0. The van der Waals surface area contributed by atoms with Crippen molar-refractivity contribution in [2.75, 3.05) is 14.2 Å². The van der Waals surface area contributed by atoms with Crippen LogP contribution in [0, 0.1) is 23.7 Å². The highest BCUT2D eigenvalue weighted by molar-refractivity contribution is 5.94. The fourth-order valence-corrected chi connectivity index (χ4v) is 4.50. The van der Waals surface area contributed by atoms with E-state index >= 15 is 0 Å². The Hall–Kier alpha value is -0.740. The van der Waals surface area contributed by atoms with E-state index in [1.807, 2.05) is 0 Å². The van der Waals surface area contributed by atoms with Crippen molar-refractivity contribution in [1.82, 2.24) is 0 Å². The fourth-order valence-electron chi connectivity index (χ4n) is 4.50. The summed E-state index contributed by atoms with van der Waals surface area (Å²) in [5, 5.41) is 0. The van der Waals surface area contributed by atoms with Crippen LogP contribution in [0.15, 0.2) is 0 Å². The number of carbonyl (C=O) groups excluding carboxylic acids is 2. The molecule has 0 radical (unpaired) electrons. The van der Waals surface area contributed by atoms with Crippen LogP contribution in [0.1, 0.15) is 25.7 Å². The number of Topliss-reactive ketones (excluding diaryl/α,β-unsaturated/α-hetero) is 2.